The summed E-state index contributed by atoms with van der Waals surface area (Å²) in [7, 11) is -3.53. The van der Waals surface area contributed by atoms with Crippen LogP contribution in [0.3, 0.4) is 0 Å². The van der Waals surface area contributed by atoms with Gasteiger partial charge in [-0.2, -0.15) is 0 Å². The maximum Gasteiger partial charge on any atom is 0.262 e. The second kappa shape index (κ2) is 6.44. The molecular weight excluding hydrogens is 248 g/mol. The zero-order valence-electron chi connectivity index (χ0n) is 10.9. The molecule has 0 unspecified atom stereocenters. The highest BCUT2D eigenvalue weighted by Crippen LogP contribution is 2.10. The molecule has 0 heterocycles. The lowest BCUT2D eigenvalue weighted by Crippen LogP contribution is -2.31. The summed E-state index contributed by atoms with van der Waals surface area (Å²) in [5.41, 5.74) is 1.02. The number of aryl methyl sites for hydroxylation is 1. The van der Waals surface area contributed by atoms with Gasteiger partial charge >= 0.3 is 0 Å². The van der Waals surface area contributed by atoms with Gasteiger partial charge in [0.15, 0.2) is 0 Å². The smallest absolute Gasteiger partial charge is 0.262 e. The van der Waals surface area contributed by atoms with E-state index >= 15 is 0 Å². The van der Waals surface area contributed by atoms with Gasteiger partial charge in [0, 0.05) is 6.54 Å². The summed E-state index contributed by atoms with van der Waals surface area (Å²) in [6, 6.07) is 6.69. The summed E-state index contributed by atoms with van der Waals surface area (Å²) in [4.78, 5) is 0.242. The first-order chi connectivity index (χ1) is 8.45. The highest BCUT2D eigenvalue weighted by Gasteiger charge is 2.13. The molecule has 1 aromatic carbocycles. The molecule has 0 amide bonds. The first kappa shape index (κ1) is 14.6. The van der Waals surface area contributed by atoms with Crippen LogP contribution in [0.15, 0.2) is 41.6 Å². The maximum atomic E-state index is 12.0. The monoisotopic (exact) mass is 268 g/mol. The van der Waals surface area contributed by atoms with Gasteiger partial charge in [-0.05, 0) is 25.5 Å². The Balaban J connectivity index is 2.64. The number of unbranched alkanes of at least 4 members (excludes halogenated alkanes) is 1. The van der Waals surface area contributed by atoms with Crippen molar-refractivity contribution in [2.45, 2.75) is 31.6 Å². The van der Waals surface area contributed by atoms with Gasteiger partial charge in [-0.25, -0.2) is 8.42 Å². The van der Waals surface area contributed by atoms with E-state index in [2.05, 4.69) is 23.5 Å². The van der Waals surface area contributed by atoms with E-state index in [0.29, 0.717) is 12.4 Å². The van der Waals surface area contributed by atoms with E-state index in [1.807, 2.05) is 6.92 Å². The Labute approximate surface area is 109 Å². The van der Waals surface area contributed by atoms with Crippen LogP contribution in [-0.2, 0) is 10.0 Å². The van der Waals surface area contributed by atoms with E-state index in [-0.39, 0.29) is 4.90 Å². The third kappa shape index (κ3) is 4.41. The molecule has 100 valence electrons. The molecule has 18 heavy (non-hydrogen) atoms. The van der Waals surface area contributed by atoms with Gasteiger partial charge in [0.1, 0.15) is 5.82 Å². The van der Waals surface area contributed by atoms with Gasteiger partial charge in [-0.1, -0.05) is 37.6 Å². The van der Waals surface area contributed by atoms with Crippen molar-refractivity contribution in [3.63, 3.8) is 0 Å². The second-order valence-corrected chi connectivity index (χ2v) is 5.86. The molecule has 2 N–H and O–H groups in total. The van der Waals surface area contributed by atoms with Gasteiger partial charge in [-0.15, -0.1) is 0 Å². The average Bonchev–Trinajstić information content (AvgIpc) is 2.29. The van der Waals surface area contributed by atoms with Crippen LogP contribution < -0.4 is 10.0 Å². The number of hydrogen-bond acceptors (Lipinski definition) is 3. The van der Waals surface area contributed by atoms with Crippen molar-refractivity contribution in [3.8, 4) is 0 Å². The zero-order valence-corrected chi connectivity index (χ0v) is 11.7. The summed E-state index contributed by atoms with van der Waals surface area (Å²) in [5.74, 6) is 0.309. The minimum absolute atomic E-state index is 0.242. The summed E-state index contributed by atoms with van der Waals surface area (Å²) in [6.45, 7) is 8.35. The molecule has 0 bridgehead atoms. The first-order valence-corrected chi connectivity index (χ1v) is 7.46. The molecule has 0 spiro atoms. The third-order valence-corrected chi connectivity index (χ3v) is 3.87. The minimum Gasteiger partial charge on any atom is -0.372 e. The molecule has 0 radical (unpaired) electrons. The first-order valence-electron chi connectivity index (χ1n) is 5.98. The number of nitrogens with one attached hydrogen (secondary N) is 2. The van der Waals surface area contributed by atoms with Crippen LogP contribution in [0.5, 0.6) is 0 Å². The molecule has 0 aliphatic heterocycles. The molecule has 5 heteroatoms. The lowest BCUT2D eigenvalue weighted by Gasteiger charge is -2.12. The van der Waals surface area contributed by atoms with E-state index in [4.69, 9.17) is 0 Å². The fourth-order valence-corrected chi connectivity index (χ4v) is 2.40. The molecule has 0 atom stereocenters. The van der Waals surface area contributed by atoms with Crippen LogP contribution in [0.25, 0.3) is 0 Å². The largest absolute Gasteiger partial charge is 0.372 e. The quantitative estimate of drug-likeness (QED) is 0.745. The minimum atomic E-state index is -3.53. The summed E-state index contributed by atoms with van der Waals surface area (Å²) >= 11 is 0. The van der Waals surface area contributed by atoms with E-state index in [0.717, 1.165) is 18.4 Å². The highest BCUT2D eigenvalue weighted by atomic mass is 32.2. The summed E-state index contributed by atoms with van der Waals surface area (Å²) < 4.78 is 26.4. The van der Waals surface area contributed by atoms with E-state index in [1.165, 1.54) is 0 Å². The lowest BCUT2D eigenvalue weighted by molar-refractivity contribution is 0.583. The van der Waals surface area contributed by atoms with Crippen LogP contribution in [0.2, 0.25) is 0 Å². The van der Waals surface area contributed by atoms with Gasteiger partial charge in [0.05, 0.1) is 4.90 Å². The Morgan fingerprint density at radius 3 is 2.44 bits per heavy atom. The van der Waals surface area contributed by atoms with Gasteiger partial charge < -0.3 is 5.32 Å². The molecule has 0 fully saturated rings. The summed E-state index contributed by atoms with van der Waals surface area (Å²) in [5, 5.41) is 2.94. The molecule has 0 aromatic heterocycles. The number of rotatable bonds is 7. The van der Waals surface area contributed by atoms with Crippen molar-refractivity contribution in [1.82, 2.24) is 10.0 Å². The lowest BCUT2D eigenvalue weighted by atomic mass is 10.2. The van der Waals surface area contributed by atoms with Crippen LogP contribution in [0, 0.1) is 6.92 Å². The standard InChI is InChI=1S/C13H20N2O2S/c1-4-5-10-14-12(3)15-18(16,17)13-8-6-11(2)7-9-13/h6-9,14-15H,3-5,10H2,1-2H3. The molecule has 0 saturated heterocycles. The van der Waals surface area contributed by atoms with E-state index in [9.17, 15) is 8.42 Å². The van der Waals surface area contributed by atoms with Crippen LogP contribution in [0.1, 0.15) is 25.3 Å². The number of sulfonamides is 1. The molecule has 1 aromatic rings. The molecule has 0 aliphatic rings. The number of benzene rings is 1. The second-order valence-electron chi connectivity index (χ2n) is 4.18. The highest BCUT2D eigenvalue weighted by molar-refractivity contribution is 7.89. The van der Waals surface area contributed by atoms with Crippen LogP contribution in [-0.4, -0.2) is 15.0 Å². The van der Waals surface area contributed by atoms with Crippen LogP contribution in [0.4, 0.5) is 0 Å². The van der Waals surface area contributed by atoms with Crippen molar-refractivity contribution in [1.29, 1.82) is 0 Å². The van der Waals surface area contributed by atoms with Gasteiger partial charge in [0.2, 0.25) is 0 Å². The third-order valence-electron chi connectivity index (χ3n) is 2.46. The van der Waals surface area contributed by atoms with Crippen molar-refractivity contribution >= 4 is 10.0 Å². The van der Waals surface area contributed by atoms with Gasteiger partial charge in [-0.3, -0.25) is 4.72 Å². The maximum absolute atomic E-state index is 12.0. The van der Waals surface area contributed by atoms with Crippen molar-refractivity contribution in [2.24, 2.45) is 0 Å². The Bertz CT molecular complexity index is 492. The molecular formula is C13H20N2O2S. The van der Waals surface area contributed by atoms with Crippen molar-refractivity contribution in [2.75, 3.05) is 6.54 Å². The molecule has 4 nitrogen and oxygen atoms in total. The fraction of sp³-hybridized carbons (Fsp3) is 0.385. The predicted molar refractivity (Wildman–Crippen MR) is 73.6 cm³/mol. The Morgan fingerprint density at radius 2 is 1.89 bits per heavy atom. The van der Waals surface area contributed by atoms with E-state index < -0.39 is 10.0 Å². The summed E-state index contributed by atoms with van der Waals surface area (Å²) in [6.07, 6.45) is 2.02. The zero-order chi connectivity index (χ0) is 13.6. The van der Waals surface area contributed by atoms with Crippen LogP contribution >= 0.6 is 0 Å². The Hall–Kier alpha value is -1.49. The molecule has 0 aliphatic carbocycles. The predicted octanol–water partition coefficient (Wildman–Crippen LogP) is 2.13. The normalized spacial score (nSPS) is 11.0. The van der Waals surface area contributed by atoms with E-state index in [1.54, 1.807) is 24.3 Å². The molecule has 0 saturated carbocycles. The topological polar surface area (TPSA) is 58.2 Å². The van der Waals surface area contributed by atoms with Gasteiger partial charge in [0.25, 0.3) is 10.0 Å². The molecule has 1 rings (SSSR count). The number of hydrogen-bond donors (Lipinski definition) is 2. The average molecular weight is 268 g/mol. The fourth-order valence-electron chi connectivity index (χ4n) is 1.39. The van der Waals surface area contributed by atoms with Crippen molar-refractivity contribution < 1.29 is 8.42 Å². The Morgan fingerprint density at radius 1 is 1.28 bits per heavy atom. The SMILES string of the molecule is C=C(NCCCC)NS(=O)(=O)c1ccc(C)cc1. The Kier molecular flexibility index (Phi) is 5.22. The van der Waals surface area contributed by atoms with Crippen molar-refractivity contribution in [3.05, 3.63) is 42.2 Å².